The molecule has 0 aromatic heterocycles. The molecule has 0 amide bonds. The fourth-order valence-corrected chi connectivity index (χ4v) is 1.98. The molecule has 7 heteroatoms. The van der Waals surface area contributed by atoms with Crippen molar-refractivity contribution in [1.82, 2.24) is 0 Å². The smallest absolute Gasteiger partial charge is 0.545 e. The van der Waals surface area contributed by atoms with Crippen molar-refractivity contribution in [3.05, 3.63) is 97.1 Å². The van der Waals surface area contributed by atoms with E-state index in [1.54, 1.807) is 0 Å². The average Bonchev–Trinajstić information content (AvgIpc) is 2.74. The van der Waals surface area contributed by atoms with Crippen molar-refractivity contribution in [1.29, 1.82) is 0 Å². The first-order chi connectivity index (χ1) is 14.0. The number of carboxylic acid groups (broad SMARTS) is 2. The van der Waals surface area contributed by atoms with Crippen molar-refractivity contribution in [2.45, 2.75) is 38.9 Å². The summed E-state index contributed by atoms with van der Waals surface area (Å²) in [7, 11) is 0. The van der Waals surface area contributed by atoms with Gasteiger partial charge in [0, 0.05) is 0 Å². The Labute approximate surface area is 196 Å². The van der Waals surface area contributed by atoms with Gasteiger partial charge in [0.1, 0.15) is 11.2 Å². The zero-order chi connectivity index (χ0) is 23.2. The predicted molar refractivity (Wildman–Crippen MR) is 112 cm³/mol. The summed E-state index contributed by atoms with van der Waals surface area (Å²) in [5.41, 5.74) is 1.19. The Morgan fingerprint density at radius 1 is 0.710 bits per heavy atom. The molecular weight excluding hydrogens is 450 g/mol. The molecule has 0 saturated carbocycles. The summed E-state index contributed by atoms with van der Waals surface area (Å²) in [4.78, 5) is 29.7. The summed E-state index contributed by atoms with van der Waals surface area (Å²) in [6.45, 7) is 13.8. The minimum atomic E-state index is -1.23. The monoisotopic (exact) mass is 476 g/mol. The molecule has 0 spiro atoms. The van der Waals surface area contributed by atoms with Crippen molar-refractivity contribution in [2.75, 3.05) is 0 Å². The number of carbonyl (C=O) groups is 2. The van der Waals surface area contributed by atoms with Crippen LogP contribution in [0.25, 0.3) is 0 Å². The fraction of sp³-hybridized carbons (Fsp3) is 0.250. The van der Waals surface area contributed by atoms with Gasteiger partial charge in [-0.15, -0.1) is 0 Å². The van der Waals surface area contributed by atoms with Crippen LogP contribution < -0.4 is 10.2 Å². The third kappa shape index (κ3) is 13.3. The van der Waals surface area contributed by atoms with Gasteiger partial charge in [0.05, 0.1) is 11.9 Å². The van der Waals surface area contributed by atoms with E-state index in [0.29, 0.717) is 0 Å². The molecular formula is C24H28O6Zn. The predicted octanol–water partition coefficient (Wildman–Crippen LogP) is 2.65. The van der Waals surface area contributed by atoms with Gasteiger partial charge >= 0.3 is 19.5 Å². The summed E-state index contributed by atoms with van der Waals surface area (Å²) in [6, 6.07) is 20.2. The first-order valence-electron chi connectivity index (χ1n) is 9.11. The summed E-state index contributed by atoms with van der Waals surface area (Å²) >= 11 is 0. The van der Waals surface area contributed by atoms with Gasteiger partial charge in [0.25, 0.3) is 0 Å². The molecule has 0 saturated heterocycles. The molecule has 2 rings (SSSR count). The first-order valence-corrected chi connectivity index (χ1v) is 9.11. The van der Waals surface area contributed by atoms with Crippen LogP contribution in [0.5, 0.6) is 0 Å². The molecule has 0 radical (unpaired) electrons. The molecule has 0 N–H and O–H groups in total. The van der Waals surface area contributed by atoms with Crippen LogP contribution in [0.1, 0.15) is 38.8 Å². The first kappa shape index (κ1) is 30.6. The van der Waals surface area contributed by atoms with E-state index in [4.69, 9.17) is 29.6 Å². The number of carboxylic acids is 2. The minimum absolute atomic E-state index is 0. The van der Waals surface area contributed by atoms with Crippen LogP contribution in [0.4, 0.5) is 0 Å². The Morgan fingerprint density at radius 2 is 0.935 bits per heavy atom. The molecule has 0 aliphatic heterocycles. The van der Waals surface area contributed by atoms with Gasteiger partial charge < -0.3 is 19.8 Å². The van der Waals surface area contributed by atoms with Gasteiger partial charge in [-0.3, -0.25) is 0 Å². The number of carbonyl (C=O) groups excluding carboxylic acids is 2. The molecule has 0 heterocycles. The number of aliphatic carboxylic acids is 2. The second-order valence-electron chi connectivity index (χ2n) is 6.97. The van der Waals surface area contributed by atoms with Gasteiger partial charge in [0.15, 0.2) is 0 Å². The number of benzene rings is 2. The Morgan fingerprint density at radius 3 is 1.13 bits per heavy atom. The molecule has 0 atom stereocenters. The maximum Gasteiger partial charge on any atom is 2.00 e. The Bertz CT molecular complexity index is 732. The van der Waals surface area contributed by atoms with Gasteiger partial charge in [-0.1, -0.05) is 73.8 Å². The molecule has 31 heavy (non-hydrogen) atoms. The average molecular weight is 478 g/mol. The molecule has 0 bridgehead atoms. The molecule has 0 fully saturated rings. The molecule has 6 nitrogen and oxygen atoms in total. The maximum atomic E-state index is 9.14. The van der Waals surface area contributed by atoms with Crippen LogP contribution in [0.3, 0.4) is 0 Å². The van der Waals surface area contributed by atoms with Crippen molar-refractivity contribution < 1.29 is 49.1 Å². The van der Waals surface area contributed by atoms with E-state index >= 15 is 0 Å². The van der Waals surface area contributed by atoms with E-state index < -0.39 is 23.1 Å². The molecule has 0 aliphatic carbocycles. The third-order valence-electron chi connectivity index (χ3n) is 3.73. The van der Waals surface area contributed by atoms with Crippen LogP contribution in [-0.2, 0) is 50.0 Å². The van der Waals surface area contributed by atoms with Gasteiger partial charge in [-0.2, -0.15) is 0 Å². The zero-order valence-corrected chi connectivity index (χ0v) is 21.5. The van der Waals surface area contributed by atoms with Crippen LogP contribution in [-0.4, -0.2) is 11.9 Å². The second-order valence-corrected chi connectivity index (χ2v) is 6.97. The fourth-order valence-electron chi connectivity index (χ4n) is 1.98. The van der Waals surface area contributed by atoms with E-state index in [0.717, 1.165) is 23.3 Å². The molecule has 162 valence electrons. The van der Waals surface area contributed by atoms with Gasteiger partial charge in [0.2, 0.25) is 0 Å². The Balaban J connectivity index is 0. The molecule has 0 unspecified atom stereocenters. The third-order valence-corrected chi connectivity index (χ3v) is 3.73. The Hall–Kier alpha value is -2.60. The molecule has 2 aromatic rings. The standard InChI is InChI=1S/C18H22O2.2C3H4O2.Zn/c1-17(2,15-11-7-5-8-12-15)19-20-18(3,4)16-13-9-6-10-14-16;2*1-2-3(4)5;/h5-14H,1-4H3;2*2H,1H2,(H,4,5);/q;;;+2/p-2. The summed E-state index contributed by atoms with van der Waals surface area (Å²) in [5.74, 6) is -2.46. The van der Waals surface area contributed by atoms with E-state index in [-0.39, 0.29) is 19.5 Å². The van der Waals surface area contributed by atoms with Crippen LogP contribution in [0.15, 0.2) is 86.0 Å². The van der Waals surface area contributed by atoms with E-state index in [2.05, 4.69) is 13.2 Å². The van der Waals surface area contributed by atoms with E-state index in [1.807, 2.05) is 88.4 Å². The SMILES string of the molecule is C=CC(=O)[O-].C=CC(=O)[O-].CC(C)(OOC(C)(C)c1ccccc1)c1ccccc1.[Zn+2]. The molecule has 0 aliphatic rings. The van der Waals surface area contributed by atoms with Crippen molar-refractivity contribution >= 4 is 11.9 Å². The van der Waals surface area contributed by atoms with Gasteiger partial charge in [-0.05, 0) is 51.0 Å². The second kappa shape index (κ2) is 15.2. The largest absolute Gasteiger partial charge is 2.00 e. The minimum Gasteiger partial charge on any atom is -0.545 e. The molecule has 2 aromatic carbocycles. The maximum absolute atomic E-state index is 9.14. The zero-order valence-electron chi connectivity index (χ0n) is 18.5. The van der Waals surface area contributed by atoms with Gasteiger partial charge in [-0.25, -0.2) is 9.78 Å². The van der Waals surface area contributed by atoms with E-state index in [1.165, 1.54) is 0 Å². The normalized spacial score (nSPS) is 10.1. The summed E-state index contributed by atoms with van der Waals surface area (Å²) in [5, 5.41) is 18.3. The van der Waals surface area contributed by atoms with Crippen molar-refractivity contribution in [2.24, 2.45) is 0 Å². The van der Waals surface area contributed by atoms with Crippen molar-refractivity contribution in [3.63, 3.8) is 0 Å². The summed E-state index contributed by atoms with van der Waals surface area (Å²) in [6.07, 6.45) is 1.44. The quantitative estimate of drug-likeness (QED) is 0.263. The Kier molecular flexibility index (Phi) is 15.0. The van der Waals surface area contributed by atoms with Crippen LogP contribution >= 0.6 is 0 Å². The number of hydrogen-bond donors (Lipinski definition) is 0. The topological polar surface area (TPSA) is 98.7 Å². The van der Waals surface area contributed by atoms with Crippen LogP contribution in [0.2, 0.25) is 0 Å². The number of hydrogen-bond acceptors (Lipinski definition) is 6. The van der Waals surface area contributed by atoms with E-state index in [9.17, 15) is 0 Å². The van der Waals surface area contributed by atoms with Crippen LogP contribution in [0, 0.1) is 0 Å². The summed E-state index contributed by atoms with van der Waals surface area (Å²) < 4.78 is 0. The number of rotatable bonds is 7. The van der Waals surface area contributed by atoms with Crippen molar-refractivity contribution in [3.8, 4) is 0 Å².